The molecule has 37 heavy (non-hydrogen) atoms. The van der Waals surface area contributed by atoms with Crippen molar-refractivity contribution in [2.24, 2.45) is 18.7 Å². The molecule has 2 N–H and O–H groups in total. The number of benzene rings is 1. The third-order valence-corrected chi connectivity index (χ3v) is 7.75. The Morgan fingerprint density at radius 3 is 2.59 bits per heavy atom. The molecule has 0 spiro atoms. The van der Waals surface area contributed by atoms with Crippen LogP contribution in [0.4, 0.5) is 8.78 Å². The minimum atomic E-state index is -2.65. The van der Waals surface area contributed by atoms with Gasteiger partial charge in [-0.2, -0.15) is 0 Å². The third-order valence-electron chi connectivity index (χ3n) is 7.75. The lowest BCUT2D eigenvalue weighted by Gasteiger charge is -2.23. The minimum Gasteiger partial charge on any atom is -0.494 e. The van der Waals surface area contributed by atoms with E-state index in [1.54, 1.807) is 25.3 Å². The molecule has 1 aliphatic rings. The van der Waals surface area contributed by atoms with Crippen LogP contribution in [-0.4, -0.2) is 55.6 Å². The van der Waals surface area contributed by atoms with Crippen LogP contribution in [0.15, 0.2) is 30.3 Å². The standard InChI is InChI=1S/C27H32F2N6O2/c1-6-15-13-35(14(3)22(15)30)27(36)17-10-19-23(21(12-17)37-5)33(4)26(32-19)20-11-16-8-9-18(24(28)29)31-25(16)34(20)7-2/h8-12,14-15,22,24H,6-7,13,30H2,1-5H3. The Morgan fingerprint density at radius 2 is 1.97 bits per heavy atom. The van der Waals surface area contributed by atoms with Crippen molar-refractivity contribution >= 4 is 28.0 Å². The molecule has 0 bridgehead atoms. The molecule has 1 amide bonds. The van der Waals surface area contributed by atoms with E-state index in [0.717, 1.165) is 23.0 Å². The number of halogens is 2. The van der Waals surface area contributed by atoms with Crippen molar-refractivity contribution in [1.29, 1.82) is 0 Å². The first-order valence-electron chi connectivity index (χ1n) is 12.6. The summed E-state index contributed by atoms with van der Waals surface area (Å²) < 4.78 is 36.1. The number of hydrogen-bond acceptors (Lipinski definition) is 5. The lowest BCUT2D eigenvalue weighted by molar-refractivity contribution is 0.0739. The summed E-state index contributed by atoms with van der Waals surface area (Å²) in [6.07, 6.45) is -1.73. The zero-order valence-corrected chi connectivity index (χ0v) is 21.7. The molecule has 1 aliphatic heterocycles. The van der Waals surface area contributed by atoms with E-state index in [9.17, 15) is 13.6 Å². The molecular weight excluding hydrogens is 478 g/mol. The van der Waals surface area contributed by atoms with Gasteiger partial charge in [0.05, 0.1) is 18.3 Å². The fourth-order valence-electron chi connectivity index (χ4n) is 5.56. The highest BCUT2D eigenvalue weighted by Crippen LogP contribution is 2.35. The predicted octanol–water partition coefficient (Wildman–Crippen LogP) is 4.75. The van der Waals surface area contributed by atoms with Gasteiger partial charge in [0.1, 0.15) is 22.6 Å². The van der Waals surface area contributed by atoms with Gasteiger partial charge in [0.2, 0.25) is 0 Å². The zero-order valence-electron chi connectivity index (χ0n) is 21.7. The molecule has 5 rings (SSSR count). The molecule has 1 fully saturated rings. The summed E-state index contributed by atoms with van der Waals surface area (Å²) in [5.41, 5.74) is 9.18. The molecule has 0 saturated carbocycles. The number of fused-ring (bicyclic) bond motifs is 2. The number of aromatic nitrogens is 4. The molecule has 0 aliphatic carbocycles. The third kappa shape index (κ3) is 3.94. The fraction of sp³-hybridized carbons (Fsp3) is 0.444. The SMILES string of the molecule is CCC1CN(C(=O)c2cc(OC)c3c(c2)nc(-c2cc4ccc(C(F)F)nc4n2CC)n3C)C(C)C1N. The van der Waals surface area contributed by atoms with Gasteiger partial charge in [0.25, 0.3) is 12.3 Å². The Bertz CT molecular complexity index is 1490. The maximum Gasteiger partial charge on any atom is 0.280 e. The van der Waals surface area contributed by atoms with Gasteiger partial charge in [0, 0.05) is 43.2 Å². The highest BCUT2D eigenvalue weighted by molar-refractivity contribution is 6.00. The predicted molar refractivity (Wildman–Crippen MR) is 139 cm³/mol. The van der Waals surface area contributed by atoms with Crippen LogP contribution in [0, 0.1) is 5.92 Å². The highest BCUT2D eigenvalue weighted by Gasteiger charge is 2.38. The van der Waals surface area contributed by atoms with Crippen molar-refractivity contribution in [1.82, 2.24) is 24.0 Å². The average molecular weight is 511 g/mol. The van der Waals surface area contributed by atoms with Crippen molar-refractivity contribution in [2.45, 2.75) is 52.2 Å². The van der Waals surface area contributed by atoms with Crippen LogP contribution in [0.5, 0.6) is 5.75 Å². The van der Waals surface area contributed by atoms with E-state index in [-0.39, 0.29) is 29.6 Å². The zero-order chi connectivity index (χ0) is 26.6. The second kappa shape index (κ2) is 9.41. The molecular formula is C27H32F2N6O2. The van der Waals surface area contributed by atoms with Crippen LogP contribution in [-0.2, 0) is 13.6 Å². The number of aryl methyl sites for hydroxylation is 2. The van der Waals surface area contributed by atoms with Crippen molar-refractivity contribution in [2.75, 3.05) is 13.7 Å². The summed E-state index contributed by atoms with van der Waals surface area (Å²) in [4.78, 5) is 24.5. The van der Waals surface area contributed by atoms with Crippen LogP contribution >= 0.6 is 0 Å². The molecule has 0 radical (unpaired) electrons. The first-order chi connectivity index (χ1) is 17.7. The van der Waals surface area contributed by atoms with Crippen molar-refractivity contribution < 1.29 is 18.3 Å². The van der Waals surface area contributed by atoms with E-state index in [2.05, 4.69) is 11.9 Å². The molecule has 8 nitrogen and oxygen atoms in total. The van der Waals surface area contributed by atoms with Crippen LogP contribution in [0.25, 0.3) is 33.6 Å². The number of likely N-dealkylation sites (tertiary alicyclic amines) is 1. The van der Waals surface area contributed by atoms with Gasteiger partial charge in [0.15, 0.2) is 5.82 Å². The molecule has 3 atom stereocenters. The first-order valence-corrected chi connectivity index (χ1v) is 12.6. The maximum atomic E-state index is 13.5. The number of imidazole rings is 1. The van der Waals surface area contributed by atoms with E-state index in [0.29, 0.717) is 41.4 Å². The number of amides is 1. The van der Waals surface area contributed by atoms with Crippen molar-refractivity contribution in [3.63, 3.8) is 0 Å². The number of nitrogens with zero attached hydrogens (tertiary/aromatic N) is 5. The van der Waals surface area contributed by atoms with E-state index >= 15 is 0 Å². The van der Waals surface area contributed by atoms with E-state index in [4.69, 9.17) is 15.5 Å². The molecule has 1 aromatic carbocycles. The Morgan fingerprint density at radius 1 is 1.22 bits per heavy atom. The van der Waals surface area contributed by atoms with Crippen LogP contribution in [0.2, 0.25) is 0 Å². The second-order valence-corrected chi connectivity index (χ2v) is 9.71. The summed E-state index contributed by atoms with van der Waals surface area (Å²) >= 11 is 0. The first kappa shape index (κ1) is 25.1. The monoisotopic (exact) mass is 510 g/mol. The number of methoxy groups -OCH3 is 1. The smallest absolute Gasteiger partial charge is 0.280 e. The summed E-state index contributed by atoms with van der Waals surface area (Å²) in [6.45, 7) is 7.16. The van der Waals surface area contributed by atoms with Crippen molar-refractivity contribution in [3.8, 4) is 17.3 Å². The van der Waals surface area contributed by atoms with E-state index < -0.39 is 6.43 Å². The number of nitrogens with two attached hydrogens (primary N) is 1. The Labute approximate surface area is 214 Å². The Kier molecular flexibility index (Phi) is 6.39. The number of hydrogen-bond donors (Lipinski definition) is 1. The Hall–Kier alpha value is -3.53. The largest absolute Gasteiger partial charge is 0.494 e. The van der Waals surface area contributed by atoms with Gasteiger partial charge in [-0.3, -0.25) is 4.79 Å². The molecule has 4 aromatic rings. The Balaban J connectivity index is 1.63. The topological polar surface area (TPSA) is 91.2 Å². The number of ether oxygens (including phenoxy) is 1. The molecule has 3 aromatic heterocycles. The lowest BCUT2D eigenvalue weighted by Crippen LogP contribution is -2.41. The highest BCUT2D eigenvalue weighted by atomic mass is 19.3. The second-order valence-electron chi connectivity index (χ2n) is 9.71. The van der Waals surface area contributed by atoms with E-state index in [1.165, 1.54) is 6.07 Å². The maximum absolute atomic E-state index is 13.5. The normalized spacial score (nSPS) is 20.0. The molecule has 196 valence electrons. The number of pyridine rings is 1. The molecule has 1 saturated heterocycles. The number of alkyl halides is 2. The summed E-state index contributed by atoms with van der Waals surface area (Å²) in [5.74, 6) is 1.32. The summed E-state index contributed by atoms with van der Waals surface area (Å²) in [7, 11) is 3.44. The van der Waals surface area contributed by atoms with Crippen LogP contribution < -0.4 is 10.5 Å². The quantitative estimate of drug-likeness (QED) is 0.404. The number of carbonyl (C=O) groups excluding carboxylic acids is 1. The summed E-state index contributed by atoms with van der Waals surface area (Å²) in [6, 6.07) is 8.32. The lowest BCUT2D eigenvalue weighted by atomic mass is 9.98. The van der Waals surface area contributed by atoms with E-state index in [1.807, 2.05) is 41.0 Å². The number of carbonyl (C=O) groups is 1. The summed E-state index contributed by atoms with van der Waals surface area (Å²) in [5, 5.41) is 0.751. The van der Waals surface area contributed by atoms with Gasteiger partial charge >= 0.3 is 0 Å². The van der Waals surface area contributed by atoms with Gasteiger partial charge in [-0.1, -0.05) is 13.3 Å². The fourth-order valence-corrected chi connectivity index (χ4v) is 5.56. The minimum absolute atomic E-state index is 0.0591. The van der Waals surface area contributed by atoms with Gasteiger partial charge in [-0.25, -0.2) is 18.7 Å². The molecule has 3 unspecified atom stereocenters. The number of rotatable bonds is 6. The van der Waals surface area contributed by atoms with Gasteiger partial charge in [-0.15, -0.1) is 0 Å². The average Bonchev–Trinajstić information content (AvgIpc) is 3.53. The molecule has 10 heteroatoms. The van der Waals surface area contributed by atoms with Crippen LogP contribution in [0.1, 0.15) is 49.7 Å². The van der Waals surface area contributed by atoms with Crippen molar-refractivity contribution in [3.05, 3.63) is 41.6 Å². The molecule has 4 heterocycles. The van der Waals surface area contributed by atoms with Gasteiger partial charge < -0.3 is 24.5 Å². The van der Waals surface area contributed by atoms with Gasteiger partial charge in [-0.05, 0) is 50.1 Å². The van der Waals surface area contributed by atoms with Crippen LogP contribution in [0.3, 0.4) is 0 Å².